The highest BCUT2D eigenvalue weighted by Gasteiger charge is 2.38. The average Bonchev–Trinajstić information content (AvgIpc) is 3.63. The van der Waals surface area contributed by atoms with Gasteiger partial charge in [0.25, 0.3) is 5.91 Å². The van der Waals surface area contributed by atoms with E-state index in [1.54, 1.807) is 23.9 Å². The van der Waals surface area contributed by atoms with Crippen LogP contribution in [0.1, 0.15) is 26.9 Å². The number of pyridine rings is 2. The van der Waals surface area contributed by atoms with Gasteiger partial charge in [0, 0.05) is 42.6 Å². The summed E-state index contributed by atoms with van der Waals surface area (Å²) in [6, 6.07) is 11.5. The van der Waals surface area contributed by atoms with Crippen molar-refractivity contribution in [1.29, 1.82) is 0 Å². The minimum atomic E-state index is -5.08. The highest BCUT2D eigenvalue weighted by Crippen LogP contribution is 2.22. The van der Waals surface area contributed by atoms with Crippen molar-refractivity contribution in [2.75, 3.05) is 6.54 Å². The Morgan fingerprint density at radius 2 is 1.85 bits per heavy atom. The van der Waals surface area contributed by atoms with Crippen molar-refractivity contribution < 1.29 is 27.9 Å². The van der Waals surface area contributed by atoms with Crippen LogP contribution >= 0.6 is 11.3 Å². The summed E-state index contributed by atoms with van der Waals surface area (Å²) in [5, 5.41) is 13.2. The molecular weight excluding hydrogens is 535 g/mol. The second-order valence-corrected chi connectivity index (χ2v) is 9.22. The Hall–Kier alpha value is -4.59. The van der Waals surface area contributed by atoms with Crippen LogP contribution in [0, 0.1) is 6.92 Å². The Morgan fingerprint density at radius 3 is 2.51 bits per heavy atom. The molecule has 0 saturated carbocycles. The molecule has 0 saturated heterocycles. The number of carboxylic acid groups (broad SMARTS) is 1. The summed E-state index contributed by atoms with van der Waals surface area (Å²) in [6.45, 7) is 3.12. The van der Waals surface area contributed by atoms with E-state index >= 15 is 0 Å². The smallest absolute Gasteiger partial charge is 0.475 e. The second kappa shape index (κ2) is 11.9. The lowest BCUT2D eigenvalue weighted by molar-refractivity contribution is -0.192. The van der Waals surface area contributed by atoms with Crippen LogP contribution < -0.4 is 5.32 Å². The first-order valence-electron chi connectivity index (χ1n) is 11.5. The van der Waals surface area contributed by atoms with Gasteiger partial charge in [-0.2, -0.15) is 13.2 Å². The summed E-state index contributed by atoms with van der Waals surface area (Å²) in [6.07, 6.45) is 2.91. The predicted molar refractivity (Wildman–Crippen MR) is 136 cm³/mol. The van der Waals surface area contributed by atoms with Crippen LogP contribution in [-0.2, 0) is 17.8 Å². The number of aliphatic carboxylic acids is 1. The van der Waals surface area contributed by atoms with Crippen molar-refractivity contribution in [2.45, 2.75) is 26.1 Å². The molecule has 5 heterocycles. The third-order valence-corrected chi connectivity index (χ3v) is 6.09. The fourth-order valence-electron chi connectivity index (χ4n) is 3.55. The molecule has 2 N–H and O–H groups in total. The normalized spacial score (nSPS) is 11.2. The number of nitrogens with one attached hydrogen (secondary N) is 1. The number of carbonyl (C=O) groups is 2. The number of imidazole rings is 2. The number of aryl methyl sites for hydroxylation is 1. The number of alkyl halides is 3. The topological polar surface area (TPSA) is 127 Å². The van der Waals surface area contributed by atoms with Gasteiger partial charge in [-0.05, 0) is 31.2 Å². The number of carbonyl (C=O) groups excluding carboxylic acids is 1. The number of rotatable bonds is 7. The molecule has 0 aliphatic heterocycles. The lowest BCUT2D eigenvalue weighted by atomic mass is 10.2. The third-order valence-electron chi connectivity index (χ3n) is 5.27. The highest BCUT2D eigenvalue weighted by molar-refractivity contribution is 7.09. The van der Waals surface area contributed by atoms with Gasteiger partial charge in [-0.15, -0.1) is 11.3 Å². The number of nitrogens with zero attached hydrogens (tertiary/aromatic N) is 6. The predicted octanol–water partition coefficient (Wildman–Crippen LogP) is 4.01. The van der Waals surface area contributed by atoms with Gasteiger partial charge >= 0.3 is 12.1 Å². The molecule has 0 unspecified atom stereocenters. The molecule has 10 nitrogen and oxygen atoms in total. The summed E-state index contributed by atoms with van der Waals surface area (Å²) < 4.78 is 35.6. The number of thiazole rings is 1. The van der Waals surface area contributed by atoms with E-state index < -0.39 is 12.1 Å². The Kier molecular flexibility index (Phi) is 8.34. The van der Waals surface area contributed by atoms with Crippen molar-refractivity contribution in [3.63, 3.8) is 0 Å². The molecule has 0 radical (unpaired) electrons. The largest absolute Gasteiger partial charge is 0.490 e. The van der Waals surface area contributed by atoms with Crippen LogP contribution in [-0.4, -0.2) is 58.6 Å². The first-order valence-corrected chi connectivity index (χ1v) is 12.4. The molecule has 0 aliphatic carbocycles. The van der Waals surface area contributed by atoms with Gasteiger partial charge < -0.3 is 15.0 Å². The molecule has 14 heteroatoms. The van der Waals surface area contributed by atoms with Crippen LogP contribution in [0.15, 0.2) is 66.7 Å². The first-order chi connectivity index (χ1) is 18.6. The molecule has 39 heavy (non-hydrogen) atoms. The van der Waals surface area contributed by atoms with Gasteiger partial charge in [-0.1, -0.05) is 12.1 Å². The first kappa shape index (κ1) is 27.4. The maximum atomic E-state index is 12.9. The standard InChI is InChI=1S/C23H21N7OS.C2HF3O2/c1-16-27-18(14-32-16)12-29-13-19(26-15-29)22-28-21(20-7-3-5-11-30(20)22)23(31)25-10-8-17-6-2-4-9-24-17;3-2(4,5)1(6)7/h2-7,9,11,13-15H,8,10,12H2,1H3,(H,25,31);(H,6,7). The quantitative estimate of drug-likeness (QED) is 0.310. The second-order valence-electron chi connectivity index (χ2n) is 8.16. The molecular formula is C25H22F3N7O3S. The Morgan fingerprint density at radius 1 is 1.08 bits per heavy atom. The third kappa shape index (κ3) is 7.04. The van der Waals surface area contributed by atoms with E-state index in [-0.39, 0.29) is 5.91 Å². The minimum absolute atomic E-state index is 0.215. The van der Waals surface area contributed by atoms with E-state index in [2.05, 4.69) is 25.3 Å². The van der Waals surface area contributed by atoms with Crippen LogP contribution in [0.5, 0.6) is 0 Å². The molecule has 1 amide bonds. The van der Waals surface area contributed by atoms with Crippen LogP contribution in [0.25, 0.3) is 17.0 Å². The van der Waals surface area contributed by atoms with Gasteiger partial charge in [-0.3, -0.25) is 14.2 Å². The number of carboxylic acids is 1. The van der Waals surface area contributed by atoms with E-state index in [0.717, 1.165) is 21.9 Å². The van der Waals surface area contributed by atoms with Crippen molar-refractivity contribution in [3.8, 4) is 11.5 Å². The van der Waals surface area contributed by atoms with Gasteiger partial charge in [0.05, 0.1) is 29.1 Å². The van der Waals surface area contributed by atoms with Gasteiger partial charge in [0.15, 0.2) is 11.5 Å². The van der Waals surface area contributed by atoms with Gasteiger partial charge in [-0.25, -0.2) is 19.7 Å². The minimum Gasteiger partial charge on any atom is -0.475 e. The molecule has 0 aliphatic rings. The zero-order valence-electron chi connectivity index (χ0n) is 20.5. The monoisotopic (exact) mass is 557 g/mol. The van der Waals surface area contributed by atoms with Gasteiger partial charge in [0.2, 0.25) is 0 Å². The number of aromatic nitrogens is 6. The van der Waals surface area contributed by atoms with E-state index in [1.807, 2.05) is 70.1 Å². The fraction of sp³-hybridized carbons (Fsp3) is 0.200. The summed E-state index contributed by atoms with van der Waals surface area (Å²) in [7, 11) is 0. The van der Waals surface area contributed by atoms with E-state index in [0.29, 0.717) is 36.7 Å². The zero-order valence-corrected chi connectivity index (χ0v) is 21.3. The van der Waals surface area contributed by atoms with E-state index in [9.17, 15) is 18.0 Å². The van der Waals surface area contributed by atoms with Crippen molar-refractivity contribution >= 4 is 28.7 Å². The lowest BCUT2D eigenvalue weighted by Gasteiger charge is -2.03. The average molecular weight is 558 g/mol. The molecule has 5 rings (SSSR count). The molecule has 0 bridgehead atoms. The van der Waals surface area contributed by atoms with Crippen molar-refractivity contribution in [3.05, 3.63) is 88.8 Å². The molecule has 5 aromatic rings. The van der Waals surface area contributed by atoms with Crippen molar-refractivity contribution in [2.24, 2.45) is 0 Å². The van der Waals surface area contributed by atoms with Crippen LogP contribution in [0.4, 0.5) is 13.2 Å². The molecule has 0 spiro atoms. The number of hydrogen-bond acceptors (Lipinski definition) is 7. The van der Waals surface area contributed by atoms with Crippen molar-refractivity contribution in [1.82, 2.24) is 34.2 Å². The number of halogens is 3. The Balaban J connectivity index is 0.000000448. The van der Waals surface area contributed by atoms with Gasteiger partial charge in [0.1, 0.15) is 5.69 Å². The molecule has 0 atom stereocenters. The van der Waals surface area contributed by atoms with E-state index in [1.165, 1.54) is 0 Å². The number of amides is 1. The summed E-state index contributed by atoms with van der Waals surface area (Å²) >= 11 is 1.63. The molecule has 5 aromatic heterocycles. The Labute approximate surface area is 223 Å². The van der Waals surface area contributed by atoms with E-state index in [4.69, 9.17) is 9.90 Å². The lowest BCUT2D eigenvalue weighted by Crippen LogP contribution is -2.26. The SMILES string of the molecule is Cc1nc(Cn2cnc(-c3nc(C(=O)NCCc4ccccn4)c4ccccn34)c2)cs1.O=C(O)C(F)(F)F. The maximum Gasteiger partial charge on any atom is 0.490 e. The van der Waals surface area contributed by atoms with Crippen LogP contribution in [0.2, 0.25) is 0 Å². The fourth-order valence-corrected chi connectivity index (χ4v) is 4.15. The number of fused-ring (bicyclic) bond motifs is 1. The number of hydrogen-bond donors (Lipinski definition) is 2. The summed E-state index contributed by atoms with van der Waals surface area (Å²) in [5.41, 5.74) is 3.75. The summed E-state index contributed by atoms with van der Waals surface area (Å²) in [5.74, 6) is -2.34. The highest BCUT2D eigenvalue weighted by atomic mass is 32.1. The molecule has 0 fully saturated rings. The summed E-state index contributed by atoms with van der Waals surface area (Å²) in [4.78, 5) is 39.8. The maximum absolute atomic E-state index is 12.9. The van der Waals surface area contributed by atoms with Crippen LogP contribution in [0.3, 0.4) is 0 Å². The Bertz CT molecular complexity index is 1580. The zero-order chi connectivity index (χ0) is 28.0. The molecule has 202 valence electrons. The molecule has 0 aromatic carbocycles.